The number of hydrogen-bond donors (Lipinski definition) is 0. The van der Waals surface area contributed by atoms with Crippen LogP contribution in [0.2, 0.25) is 0 Å². The van der Waals surface area contributed by atoms with Crippen molar-refractivity contribution in [3.05, 3.63) is 106 Å². The highest BCUT2D eigenvalue weighted by molar-refractivity contribution is 5.80. The van der Waals surface area contributed by atoms with Crippen LogP contribution in [0.25, 0.3) is 28.2 Å². The lowest BCUT2D eigenvalue weighted by Gasteiger charge is -2.16. The summed E-state index contributed by atoms with van der Waals surface area (Å²) >= 11 is 0. The molecule has 0 N–H and O–H groups in total. The Morgan fingerprint density at radius 1 is 1.02 bits per heavy atom. The Balaban J connectivity index is 1.47. The van der Waals surface area contributed by atoms with Crippen molar-refractivity contribution in [3.8, 4) is 46.1 Å². The third kappa shape index (κ3) is 5.87. The van der Waals surface area contributed by atoms with Gasteiger partial charge in [0.15, 0.2) is 18.0 Å². The lowest BCUT2D eigenvalue weighted by atomic mass is 9.96. The molecule has 2 heterocycles. The Hall–Kier alpha value is -5.23. The van der Waals surface area contributed by atoms with Crippen molar-refractivity contribution < 1.29 is 14.4 Å². The Morgan fingerprint density at radius 3 is 2.37 bits per heavy atom. The monoisotopic (exact) mass is 546 g/mol. The van der Waals surface area contributed by atoms with E-state index in [-0.39, 0.29) is 11.4 Å². The molecule has 41 heavy (non-hydrogen) atoms. The van der Waals surface area contributed by atoms with Gasteiger partial charge in [0.05, 0.1) is 11.4 Å². The van der Waals surface area contributed by atoms with Gasteiger partial charge in [-0.25, -0.2) is 9.97 Å². The van der Waals surface area contributed by atoms with Crippen molar-refractivity contribution >= 4 is 0 Å². The van der Waals surface area contributed by atoms with Gasteiger partial charge in [0.25, 0.3) is 5.56 Å². The lowest BCUT2D eigenvalue weighted by Crippen LogP contribution is -2.28. The van der Waals surface area contributed by atoms with Gasteiger partial charge in [-0.2, -0.15) is 10.4 Å². The smallest absolute Gasteiger partial charge is 0.261 e. The summed E-state index contributed by atoms with van der Waals surface area (Å²) in [6.07, 6.45) is 0.681. The molecule has 0 bridgehead atoms. The van der Waals surface area contributed by atoms with E-state index in [0.717, 1.165) is 28.8 Å². The maximum Gasteiger partial charge on any atom is 0.261 e. The molecule has 2 aromatic heterocycles. The molecule has 5 aromatic rings. The fraction of sp³-hybridized carbons (Fsp3) is 0.219. The van der Waals surface area contributed by atoms with Gasteiger partial charge in [0.2, 0.25) is 0 Å². The molecule has 0 spiro atoms. The van der Waals surface area contributed by atoms with Crippen LogP contribution in [0.5, 0.6) is 11.8 Å². The zero-order chi connectivity index (χ0) is 28.9. The second-order valence-electron chi connectivity index (χ2n) is 9.66. The van der Waals surface area contributed by atoms with Gasteiger partial charge in [-0.3, -0.25) is 9.36 Å². The summed E-state index contributed by atoms with van der Waals surface area (Å²) in [5.74, 6) is 1.40. The van der Waals surface area contributed by atoms with Crippen LogP contribution < -0.4 is 15.4 Å². The SMILES string of the molecule is CCCc1nc(C)n(-c2ccc(OC(C)C#N)cc2)c(=O)c1Cc1ccc(-c2ccccc2-c2noc([O-])n2)cc1. The van der Waals surface area contributed by atoms with E-state index in [1.165, 1.54) is 0 Å². The zero-order valence-corrected chi connectivity index (χ0v) is 23.0. The van der Waals surface area contributed by atoms with Gasteiger partial charge < -0.3 is 14.4 Å². The maximum atomic E-state index is 13.9. The first-order valence-electron chi connectivity index (χ1n) is 13.4. The van der Waals surface area contributed by atoms with Crippen molar-refractivity contribution in [1.29, 1.82) is 5.26 Å². The third-order valence-electron chi connectivity index (χ3n) is 6.73. The van der Waals surface area contributed by atoms with Crippen LogP contribution in [0.15, 0.2) is 82.1 Å². The minimum atomic E-state index is -0.733. The first kappa shape index (κ1) is 27.3. The van der Waals surface area contributed by atoms with E-state index in [0.29, 0.717) is 41.2 Å². The molecule has 0 aliphatic heterocycles. The third-order valence-corrected chi connectivity index (χ3v) is 6.73. The number of nitrogens with zero attached hydrogens (tertiary/aromatic N) is 5. The molecule has 9 heteroatoms. The van der Waals surface area contributed by atoms with E-state index >= 15 is 0 Å². The number of rotatable bonds is 9. The van der Waals surface area contributed by atoms with Crippen LogP contribution in [-0.2, 0) is 12.8 Å². The van der Waals surface area contributed by atoms with Crippen LogP contribution in [-0.4, -0.2) is 25.8 Å². The van der Waals surface area contributed by atoms with Crippen LogP contribution >= 0.6 is 0 Å². The van der Waals surface area contributed by atoms with E-state index in [2.05, 4.69) is 21.6 Å². The van der Waals surface area contributed by atoms with Crippen molar-refractivity contribution in [1.82, 2.24) is 19.7 Å². The minimum absolute atomic E-state index is 0.111. The van der Waals surface area contributed by atoms with Gasteiger partial charge >= 0.3 is 0 Å². The second kappa shape index (κ2) is 11.9. The molecule has 206 valence electrons. The predicted molar refractivity (Wildman–Crippen MR) is 152 cm³/mol. The molecule has 5 rings (SSSR count). The van der Waals surface area contributed by atoms with Crippen LogP contribution in [0.4, 0.5) is 0 Å². The minimum Gasteiger partial charge on any atom is -0.528 e. The molecule has 0 saturated carbocycles. The van der Waals surface area contributed by atoms with E-state index < -0.39 is 12.2 Å². The summed E-state index contributed by atoms with van der Waals surface area (Å²) in [6.45, 7) is 5.57. The number of hydrogen-bond acceptors (Lipinski definition) is 8. The number of aryl methyl sites for hydroxylation is 2. The standard InChI is InChI=1S/C32H29N5O4/c1-4-7-29-28(31(38)37(21(3)34-29)24-14-16-25(17-15-24)40-20(2)19-33)18-22-10-12-23(13-11-22)26-8-5-6-9-27(26)30-35-32(39)41-36-30/h5-6,8-17,20H,4,7,18H2,1-3H3,(H,35,36,39)/p-1. The number of ether oxygens (including phenoxy) is 1. The molecule has 0 saturated heterocycles. The van der Waals surface area contributed by atoms with Crippen molar-refractivity contribution in [2.24, 2.45) is 0 Å². The van der Waals surface area contributed by atoms with Gasteiger partial charge in [-0.05, 0) is 61.2 Å². The predicted octanol–water partition coefficient (Wildman–Crippen LogP) is 5.17. The molecular weight excluding hydrogens is 518 g/mol. The van der Waals surface area contributed by atoms with Crippen LogP contribution in [0.1, 0.15) is 42.9 Å². The summed E-state index contributed by atoms with van der Waals surface area (Å²) in [5.41, 5.74) is 5.46. The summed E-state index contributed by atoms with van der Waals surface area (Å²) in [5, 5.41) is 24.2. The molecule has 0 fully saturated rings. The quantitative estimate of drug-likeness (QED) is 0.248. The zero-order valence-electron chi connectivity index (χ0n) is 23.0. The van der Waals surface area contributed by atoms with Gasteiger partial charge in [0.1, 0.15) is 17.6 Å². The Bertz CT molecular complexity index is 1770. The largest absolute Gasteiger partial charge is 0.528 e. The summed E-state index contributed by atoms with van der Waals surface area (Å²) in [7, 11) is 0. The van der Waals surface area contributed by atoms with Crippen molar-refractivity contribution in [2.45, 2.75) is 46.1 Å². The van der Waals surface area contributed by atoms with Crippen LogP contribution in [0, 0.1) is 18.3 Å². The molecule has 0 radical (unpaired) electrons. The molecule has 3 aromatic carbocycles. The number of benzene rings is 3. The summed E-state index contributed by atoms with van der Waals surface area (Å²) < 4.78 is 11.8. The van der Waals surface area contributed by atoms with Gasteiger partial charge in [-0.15, -0.1) is 0 Å². The van der Waals surface area contributed by atoms with Gasteiger partial charge in [0, 0.05) is 17.5 Å². The molecule has 1 unspecified atom stereocenters. The topological polar surface area (TPSA) is 130 Å². The Kier molecular flexibility index (Phi) is 7.92. The fourth-order valence-electron chi connectivity index (χ4n) is 4.80. The Labute approximate surface area is 237 Å². The van der Waals surface area contributed by atoms with Gasteiger partial charge in [-0.1, -0.05) is 61.9 Å². The van der Waals surface area contributed by atoms with E-state index in [9.17, 15) is 9.90 Å². The van der Waals surface area contributed by atoms with E-state index in [4.69, 9.17) is 15.0 Å². The van der Waals surface area contributed by atoms with Crippen molar-refractivity contribution in [2.75, 3.05) is 0 Å². The second-order valence-corrected chi connectivity index (χ2v) is 9.66. The highest BCUT2D eigenvalue weighted by Gasteiger charge is 2.17. The first-order valence-corrected chi connectivity index (χ1v) is 13.4. The fourth-order valence-corrected chi connectivity index (χ4v) is 4.80. The molecular formula is C32H28N5O4-. The number of nitriles is 1. The molecule has 9 nitrogen and oxygen atoms in total. The Morgan fingerprint density at radius 2 is 1.73 bits per heavy atom. The lowest BCUT2D eigenvalue weighted by molar-refractivity contribution is -0.303. The summed E-state index contributed by atoms with van der Waals surface area (Å²) in [4.78, 5) is 22.6. The normalized spacial score (nSPS) is 11.7. The van der Waals surface area contributed by atoms with E-state index in [1.54, 1.807) is 35.8 Å². The highest BCUT2D eigenvalue weighted by Crippen LogP contribution is 2.31. The first-order chi connectivity index (χ1) is 19.9. The van der Waals surface area contributed by atoms with Crippen molar-refractivity contribution in [3.63, 3.8) is 0 Å². The molecule has 0 aliphatic carbocycles. The number of aromatic nitrogens is 4. The molecule has 0 aliphatic rings. The highest BCUT2D eigenvalue weighted by atomic mass is 16.6. The summed E-state index contributed by atoms with van der Waals surface area (Å²) in [6, 6.07) is 24.6. The average molecular weight is 547 g/mol. The van der Waals surface area contributed by atoms with Crippen LogP contribution in [0.3, 0.4) is 0 Å². The average Bonchev–Trinajstić information content (AvgIpc) is 3.42. The van der Waals surface area contributed by atoms with E-state index in [1.807, 2.05) is 61.5 Å². The maximum absolute atomic E-state index is 13.9. The molecule has 0 amide bonds. The molecule has 1 atom stereocenters.